The first-order valence-corrected chi connectivity index (χ1v) is 6.84. The van der Waals surface area contributed by atoms with E-state index in [1.165, 1.54) is 6.20 Å². The molecule has 0 saturated heterocycles. The van der Waals surface area contributed by atoms with Gasteiger partial charge in [0.25, 0.3) is 0 Å². The van der Waals surface area contributed by atoms with Gasteiger partial charge >= 0.3 is 0 Å². The van der Waals surface area contributed by atoms with Crippen molar-refractivity contribution in [1.29, 1.82) is 0 Å². The third-order valence-corrected chi connectivity index (χ3v) is 3.59. The highest BCUT2D eigenvalue weighted by Gasteiger charge is 2.14. The molecule has 0 aliphatic carbocycles. The summed E-state index contributed by atoms with van der Waals surface area (Å²) in [4.78, 5) is 3.23. The van der Waals surface area contributed by atoms with Gasteiger partial charge in [0.05, 0.1) is 4.90 Å². The van der Waals surface area contributed by atoms with Gasteiger partial charge in [-0.05, 0) is 6.07 Å². The van der Waals surface area contributed by atoms with E-state index in [0.717, 1.165) is 5.69 Å². The molecule has 1 aromatic rings. The molecule has 0 atom stereocenters. The van der Waals surface area contributed by atoms with E-state index in [4.69, 9.17) is 0 Å². The molecule has 0 saturated carbocycles. The number of aromatic nitrogens is 1. The van der Waals surface area contributed by atoms with Gasteiger partial charge in [-0.15, -0.1) is 0 Å². The summed E-state index contributed by atoms with van der Waals surface area (Å²) in [6.07, 6.45) is 1.51. The van der Waals surface area contributed by atoms with E-state index in [2.05, 4.69) is 15.0 Å². The summed E-state index contributed by atoms with van der Waals surface area (Å²) in [6, 6.07) is 2.02. The van der Waals surface area contributed by atoms with Gasteiger partial charge in [0, 0.05) is 31.0 Å². The summed E-state index contributed by atoms with van der Waals surface area (Å²) in [5, 5.41) is 3.21. The molecule has 0 radical (unpaired) electrons. The van der Waals surface area contributed by atoms with Gasteiger partial charge < -0.3 is 10.3 Å². The van der Waals surface area contributed by atoms with E-state index in [-0.39, 0.29) is 4.90 Å². The largest absolute Gasteiger partial charge is 0.363 e. The normalized spacial score (nSPS) is 12.2. The van der Waals surface area contributed by atoms with Crippen LogP contribution in [-0.4, -0.2) is 26.0 Å². The van der Waals surface area contributed by atoms with Crippen LogP contribution in [0.4, 0.5) is 0 Å². The Morgan fingerprint density at radius 2 is 2.12 bits per heavy atom. The van der Waals surface area contributed by atoms with E-state index in [0.29, 0.717) is 19.1 Å². The molecule has 0 aromatic carbocycles. The molecule has 6 heteroatoms. The molecular weight excluding hydrogens is 226 g/mol. The fourth-order valence-electron chi connectivity index (χ4n) is 1.26. The Balaban J connectivity index is 2.71. The Labute approximate surface area is 96.7 Å². The maximum Gasteiger partial charge on any atom is 0.242 e. The number of rotatable bonds is 6. The quantitative estimate of drug-likeness (QED) is 0.694. The molecule has 16 heavy (non-hydrogen) atoms. The predicted octanol–water partition coefficient (Wildman–Crippen LogP) is 0.811. The SMILES string of the molecule is CCNS(=O)(=O)c1c[nH]c(CNC(C)C)c1. The molecule has 1 rings (SSSR count). The van der Waals surface area contributed by atoms with Gasteiger partial charge in [0.2, 0.25) is 10.0 Å². The van der Waals surface area contributed by atoms with Gasteiger partial charge in [-0.3, -0.25) is 0 Å². The zero-order chi connectivity index (χ0) is 12.2. The first-order chi connectivity index (χ1) is 7.45. The monoisotopic (exact) mass is 245 g/mol. The lowest BCUT2D eigenvalue weighted by Crippen LogP contribution is -2.23. The molecule has 92 valence electrons. The average Bonchev–Trinajstić information content (AvgIpc) is 2.63. The Morgan fingerprint density at radius 3 is 2.69 bits per heavy atom. The van der Waals surface area contributed by atoms with Crippen molar-refractivity contribution in [2.45, 2.75) is 38.3 Å². The number of aromatic amines is 1. The molecule has 5 nitrogen and oxygen atoms in total. The molecule has 0 aliphatic rings. The van der Waals surface area contributed by atoms with Crippen molar-refractivity contribution in [2.75, 3.05) is 6.54 Å². The molecule has 0 unspecified atom stereocenters. The van der Waals surface area contributed by atoms with E-state index < -0.39 is 10.0 Å². The number of H-pyrrole nitrogens is 1. The lowest BCUT2D eigenvalue weighted by atomic mass is 10.3. The minimum absolute atomic E-state index is 0.287. The third kappa shape index (κ3) is 3.62. The van der Waals surface area contributed by atoms with Gasteiger partial charge in [0.1, 0.15) is 0 Å². The van der Waals surface area contributed by atoms with Crippen molar-refractivity contribution in [2.24, 2.45) is 0 Å². The van der Waals surface area contributed by atoms with Crippen LogP contribution in [0.1, 0.15) is 26.5 Å². The fraction of sp³-hybridized carbons (Fsp3) is 0.600. The Bertz CT molecular complexity index is 423. The van der Waals surface area contributed by atoms with Crippen molar-refractivity contribution in [3.63, 3.8) is 0 Å². The molecule has 0 spiro atoms. The average molecular weight is 245 g/mol. The third-order valence-electron chi connectivity index (χ3n) is 2.06. The van der Waals surface area contributed by atoms with Crippen LogP contribution >= 0.6 is 0 Å². The predicted molar refractivity (Wildman–Crippen MR) is 63.6 cm³/mol. The zero-order valence-corrected chi connectivity index (χ0v) is 10.7. The van der Waals surface area contributed by atoms with Gasteiger partial charge in [-0.1, -0.05) is 20.8 Å². The smallest absolute Gasteiger partial charge is 0.242 e. The molecule has 1 heterocycles. The highest BCUT2D eigenvalue weighted by Crippen LogP contribution is 2.10. The van der Waals surface area contributed by atoms with Crippen LogP contribution in [-0.2, 0) is 16.6 Å². The Hall–Kier alpha value is -0.850. The summed E-state index contributed by atoms with van der Waals surface area (Å²) in [7, 11) is -3.34. The second kappa shape index (κ2) is 5.47. The summed E-state index contributed by atoms with van der Waals surface area (Å²) >= 11 is 0. The highest BCUT2D eigenvalue weighted by molar-refractivity contribution is 7.89. The van der Waals surface area contributed by atoms with E-state index >= 15 is 0 Å². The van der Waals surface area contributed by atoms with Crippen LogP contribution in [0.15, 0.2) is 17.2 Å². The summed E-state index contributed by atoms with van der Waals surface area (Å²) in [6.45, 7) is 6.87. The second-order valence-electron chi connectivity index (χ2n) is 3.90. The number of hydrogen-bond acceptors (Lipinski definition) is 3. The first kappa shape index (κ1) is 13.2. The summed E-state index contributed by atoms with van der Waals surface area (Å²) in [5.41, 5.74) is 0.866. The molecular formula is C10H19N3O2S. The van der Waals surface area contributed by atoms with Crippen LogP contribution in [0, 0.1) is 0 Å². The van der Waals surface area contributed by atoms with Crippen molar-refractivity contribution in [3.8, 4) is 0 Å². The molecule has 3 N–H and O–H groups in total. The molecule has 0 bridgehead atoms. The number of sulfonamides is 1. The van der Waals surface area contributed by atoms with Crippen LogP contribution in [0.2, 0.25) is 0 Å². The zero-order valence-electron chi connectivity index (χ0n) is 9.87. The van der Waals surface area contributed by atoms with Crippen LogP contribution in [0.25, 0.3) is 0 Å². The molecule has 0 aliphatic heterocycles. The van der Waals surface area contributed by atoms with Crippen molar-refractivity contribution in [1.82, 2.24) is 15.0 Å². The maximum absolute atomic E-state index is 11.6. The summed E-state index contributed by atoms with van der Waals surface area (Å²) < 4.78 is 25.7. The first-order valence-electron chi connectivity index (χ1n) is 5.36. The van der Waals surface area contributed by atoms with Crippen LogP contribution in [0.5, 0.6) is 0 Å². The van der Waals surface area contributed by atoms with Gasteiger partial charge in [-0.2, -0.15) is 0 Å². The number of nitrogens with one attached hydrogen (secondary N) is 3. The lowest BCUT2D eigenvalue weighted by Gasteiger charge is -2.05. The lowest BCUT2D eigenvalue weighted by molar-refractivity contribution is 0.581. The minimum atomic E-state index is -3.34. The highest BCUT2D eigenvalue weighted by atomic mass is 32.2. The fourth-order valence-corrected chi connectivity index (χ4v) is 2.32. The Morgan fingerprint density at radius 1 is 1.44 bits per heavy atom. The van der Waals surface area contributed by atoms with Crippen molar-refractivity contribution in [3.05, 3.63) is 18.0 Å². The summed E-state index contributed by atoms with van der Waals surface area (Å²) in [5.74, 6) is 0. The van der Waals surface area contributed by atoms with Gasteiger partial charge in [0.15, 0.2) is 0 Å². The topological polar surface area (TPSA) is 74.0 Å². The molecule has 1 aromatic heterocycles. The van der Waals surface area contributed by atoms with E-state index in [1.807, 2.05) is 13.8 Å². The Kier molecular flexibility index (Phi) is 4.52. The molecule has 0 fully saturated rings. The van der Waals surface area contributed by atoms with Crippen molar-refractivity contribution < 1.29 is 8.42 Å². The van der Waals surface area contributed by atoms with Crippen LogP contribution < -0.4 is 10.0 Å². The molecule has 0 amide bonds. The number of hydrogen-bond donors (Lipinski definition) is 3. The second-order valence-corrected chi connectivity index (χ2v) is 5.66. The van der Waals surface area contributed by atoms with Crippen molar-refractivity contribution >= 4 is 10.0 Å². The van der Waals surface area contributed by atoms with E-state index in [9.17, 15) is 8.42 Å². The van der Waals surface area contributed by atoms with E-state index in [1.54, 1.807) is 13.0 Å². The van der Waals surface area contributed by atoms with Crippen LogP contribution in [0.3, 0.4) is 0 Å². The standard InChI is InChI=1S/C10H19N3O2S/c1-4-13-16(14,15)10-5-9(12-7-10)6-11-8(2)3/h5,7-8,11-13H,4,6H2,1-3H3. The minimum Gasteiger partial charge on any atom is -0.363 e. The maximum atomic E-state index is 11.6. The van der Waals surface area contributed by atoms with Gasteiger partial charge in [-0.25, -0.2) is 13.1 Å².